The molecule has 34 heavy (non-hydrogen) atoms. The third-order valence-corrected chi connectivity index (χ3v) is 7.64. The number of hydrogen-bond donors (Lipinski definition) is 1. The van der Waals surface area contributed by atoms with Gasteiger partial charge in [-0.3, -0.25) is 24.2 Å². The number of amides is 3. The monoisotopic (exact) mass is 495 g/mol. The average Bonchev–Trinajstić information content (AvgIpc) is 3.30. The van der Waals surface area contributed by atoms with Crippen molar-refractivity contribution in [1.29, 1.82) is 0 Å². The predicted molar refractivity (Wildman–Crippen MR) is 130 cm³/mol. The van der Waals surface area contributed by atoms with E-state index in [2.05, 4.69) is 5.32 Å². The molecule has 3 amide bonds. The summed E-state index contributed by atoms with van der Waals surface area (Å²) >= 11 is 7.37. The Morgan fingerprint density at radius 1 is 1.03 bits per heavy atom. The number of para-hydroxylation sites is 1. The molecule has 1 spiro atoms. The highest BCUT2D eigenvalue weighted by Gasteiger charge is 2.61. The van der Waals surface area contributed by atoms with Crippen LogP contribution in [-0.4, -0.2) is 30.0 Å². The van der Waals surface area contributed by atoms with Gasteiger partial charge in [0.05, 0.1) is 11.4 Å². The normalized spacial score (nSPS) is 19.1. The van der Waals surface area contributed by atoms with Gasteiger partial charge >= 0.3 is 0 Å². The van der Waals surface area contributed by atoms with Crippen molar-refractivity contribution < 1.29 is 18.8 Å². The van der Waals surface area contributed by atoms with Crippen LogP contribution in [0, 0.1) is 5.82 Å². The largest absolute Gasteiger partial charge is 0.350 e. The van der Waals surface area contributed by atoms with E-state index >= 15 is 0 Å². The maximum atomic E-state index is 13.9. The zero-order valence-corrected chi connectivity index (χ0v) is 19.4. The highest BCUT2D eigenvalue weighted by atomic mass is 35.5. The number of carbonyl (C=O) groups is 3. The van der Waals surface area contributed by atoms with Gasteiger partial charge in [-0.15, -0.1) is 11.8 Å². The molecular weight excluding hydrogens is 477 g/mol. The predicted octanol–water partition coefficient (Wildman–Crippen LogP) is 4.07. The lowest BCUT2D eigenvalue weighted by molar-refractivity contribution is -0.125. The Balaban J connectivity index is 1.45. The number of hydrogen-bond acceptors (Lipinski definition) is 4. The molecule has 9 heteroatoms. The molecule has 1 atom stereocenters. The number of rotatable bonds is 5. The van der Waals surface area contributed by atoms with Crippen LogP contribution in [0.3, 0.4) is 0 Å². The summed E-state index contributed by atoms with van der Waals surface area (Å²) in [4.78, 5) is 41.1. The van der Waals surface area contributed by atoms with Crippen molar-refractivity contribution in [3.8, 4) is 0 Å². The fourth-order valence-electron chi connectivity index (χ4n) is 4.34. The van der Waals surface area contributed by atoms with Crippen LogP contribution in [0.1, 0.15) is 11.1 Å². The molecule has 2 aliphatic rings. The van der Waals surface area contributed by atoms with E-state index in [9.17, 15) is 18.8 Å². The molecule has 0 bridgehead atoms. The second kappa shape index (κ2) is 8.77. The number of fused-ring (bicyclic) bond motifs is 2. The third kappa shape index (κ3) is 3.63. The van der Waals surface area contributed by atoms with Gasteiger partial charge in [0, 0.05) is 22.8 Å². The van der Waals surface area contributed by atoms with Gasteiger partial charge < -0.3 is 5.32 Å². The van der Waals surface area contributed by atoms with E-state index in [1.54, 1.807) is 36.4 Å². The van der Waals surface area contributed by atoms with Crippen molar-refractivity contribution in [3.05, 3.63) is 94.8 Å². The Hall–Kier alpha value is -3.36. The summed E-state index contributed by atoms with van der Waals surface area (Å²) in [6, 6.07) is 19.8. The molecule has 0 saturated carbocycles. The standard InChI is InChI=1S/C25H19ClFN3O3S/c26-20-7-3-1-5-16(20)13-28-22(31)14-29-21-8-4-2-6-19(21)25(24(29)33)30(23(32)15-34-25)18-11-9-17(27)10-12-18/h1-12H,13-15H2,(H,28,31). The molecule has 1 saturated heterocycles. The van der Waals surface area contributed by atoms with Gasteiger partial charge in [-0.25, -0.2) is 4.39 Å². The topological polar surface area (TPSA) is 69.7 Å². The maximum Gasteiger partial charge on any atom is 0.269 e. The minimum atomic E-state index is -1.35. The van der Waals surface area contributed by atoms with Crippen LogP contribution in [0.15, 0.2) is 72.8 Å². The number of nitrogens with one attached hydrogen (secondary N) is 1. The molecule has 0 radical (unpaired) electrons. The lowest BCUT2D eigenvalue weighted by Gasteiger charge is -2.33. The first-order valence-corrected chi connectivity index (χ1v) is 11.9. The van der Waals surface area contributed by atoms with E-state index in [4.69, 9.17) is 11.6 Å². The molecule has 0 aromatic heterocycles. The first-order chi connectivity index (χ1) is 16.4. The summed E-state index contributed by atoms with van der Waals surface area (Å²) in [7, 11) is 0. The number of anilines is 2. The second-order valence-corrected chi connectivity index (χ2v) is 9.49. The molecule has 1 fully saturated rings. The lowest BCUT2D eigenvalue weighted by atomic mass is 10.0. The highest BCUT2D eigenvalue weighted by Crippen LogP contribution is 2.55. The Morgan fingerprint density at radius 3 is 2.50 bits per heavy atom. The minimum absolute atomic E-state index is 0.0873. The van der Waals surface area contributed by atoms with E-state index in [1.807, 2.05) is 12.1 Å². The van der Waals surface area contributed by atoms with Crippen LogP contribution in [0.5, 0.6) is 0 Å². The molecular formula is C25H19ClFN3O3S. The minimum Gasteiger partial charge on any atom is -0.350 e. The summed E-state index contributed by atoms with van der Waals surface area (Å²) < 4.78 is 13.5. The molecule has 3 aromatic carbocycles. The number of nitrogens with zero attached hydrogens (tertiary/aromatic N) is 2. The molecule has 172 valence electrons. The quantitative estimate of drug-likeness (QED) is 0.579. The summed E-state index contributed by atoms with van der Waals surface area (Å²) in [5.74, 6) is -1.36. The van der Waals surface area contributed by atoms with Gasteiger partial charge in [0.15, 0.2) is 0 Å². The molecule has 2 aliphatic heterocycles. The van der Waals surface area contributed by atoms with Crippen molar-refractivity contribution in [2.45, 2.75) is 11.4 Å². The van der Waals surface area contributed by atoms with Gasteiger partial charge in [0.2, 0.25) is 16.7 Å². The fourth-order valence-corrected chi connectivity index (χ4v) is 5.90. The molecule has 5 rings (SSSR count). The Kier molecular flexibility index (Phi) is 5.79. The van der Waals surface area contributed by atoms with Crippen molar-refractivity contribution in [3.63, 3.8) is 0 Å². The molecule has 2 heterocycles. The van der Waals surface area contributed by atoms with E-state index in [0.29, 0.717) is 22.0 Å². The van der Waals surface area contributed by atoms with Crippen molar-refractivity contribution in [1.82, 2.24) is 5.32 Å². The Morgan fingerprint density at radius 2 is 1.74 bits per heavy atom. The summed E-state index contributed by atoms with van der Waals surface area (Å²) in [6.07, 6.45) is 0. The van der Waals surface area contributed by atoms with E-state index < -0.39 is 10.7 Å². The van der Waals surface area contributed by atoms with Crippen molar-refractivity contribution in [2.75, 3.05) is 22.1 Å². The van der Waals surface area contributed by atoms with Gasteiger partial charge in [0.1, 0.15) is 12.4 Å². The van der Waals surface area contributed by atoms with Gasteiger partial charge in [-0.2, -0.15) is 0 Å². The lowest BCUT2D eigenvalue weighted by Crippen LogP contribution is -2.51. The molecule has 1 N–H and O–H groups in total. The third-order valence-electron chi connectivity index (χ3n) is 5.88. The first kappa shape index (κ1) is 22.4. The van der Waals surface area contributed by atoms with Gasteiger partial charge in [0.25, 0.3) is 5.91 Å². The maximum absolute atomic E-state index is 13.9. The highest BCUT2D eigenvalue weighted by molar-refractivity contribution is 8.02. The Labute approximate surface area is 204 Å². The molecule has 0 aliphatic carbocycles. The summed E-state index contributed by atoms with van der Waals surface area (Å²) in [6.45, 7) is 0.0102. The van der Waals surface area contributed by atoms with E-state index in [0.717, 1.165) is 5.56 Å². The van der Waals surface area contributed by atoms with Gasteiger partial charge in [-0.1, -0.05) is 48.0 Å². The van der Waals surface area contributed by atoms with Crippen LogP contribution in [0.2, 0.25) is 5.02 Å². The number of benzene rings is 3. The van der Waals surface area contributed by atoms with E-state index in [-0.39, 0.29) is 36.6 Å². The number of carbonyl (C=O) groups excluding carboxylic acids is 3. The Bertz CT molecular complexity index is 1300. The zero-order chi connectivity index (χ0) is 23.9. The zero-order valence-electron chi connectivity index (χ0n) is 17.8. The van der Waals surface area contributed by atoms with Crippen LogP contribution >= 0.6 is 23.4 Å². The fraction of sp³-hybridized carbons (Fsp3) is 0.160. The van der Waals surface area contributed by atoms with Crippen LogP contribution in [-0.2, 0) is 25.8 Å². The SMILES string of the molecule is O=C(CN1C(=O)C2(SCC(=O)N2c2ccc(F)cc2)c2ccccc21)NCc1ccccc1Cl. The molecule has 1 unspecified atom stereocenters. The summed E-state index contributed by atoms with van der Waals surface area (Å²) in [5.41, 5.74) is 2.37. The second-order valence-electron chi connectivity index (χ2n) is 7.91. The van der Waals surface area contributed by atoms with Crippen molar-refractivity contribution in [2.24, 2.45) is 0 Å². The van der Waals surface area contributed by atoms with Crippen LogP contribution in [0.4, 0.5) is 15.8 Å². The first-order valence-electron chi connectivity index (χ1n) is 10.6. The number of thioether (sulfide) groups is 1. The smallest absolute Gasteiger partial charge is 0.269 e. The van der Waals surface area contributed by atoms with E-state index in [1.165, 1.54) is 45.8 Å². The average molecular weight is 496 g/mol. The number of halogens is 2. The van der Waals surface area contributed by atoms with Crippen molar-refractivity contribution >= 4 is 52.5 Å². The van der Waals surface area contributed by atoms with Crippen LogP contribution in [0.25, 0.3) is 0 Å². The molecule has 3 aromatic rings. The van der Waals surface area contributed by atoms with Crippen LogP contribution < -0.4 is 15.1 Å². The van der Waals surface area contributed by atoms with Gasteiger partial charge in [-0.05, 0) is 42.0 Å². The molecule has 6 nitrogen and oxygen atoms in total. The summed E-state index contributed by atoms with van der Waals surface area (Å²) in [5, 5.41) is 3.35.